The molecular formula is C16H17F2N3O. The molecule has 1 aliphatic heterocycles. The quantitative estimate of drug-likeness (QED) is 0.855. The monoisotopic (exact) mass is 305 g/mol. The number of nitrogens with zero attached hydrogens (tertiary/aromatic N) is 2. The highest BCUT2D eigenvalue weighted by molar-refractivity contribution is 5.88. The van der Waals surface area contributed by atoms with Crippen molar-refractivity contribution in [3.8, 4) is 0 Å². The average molecular weight is 305 g/mol. The molecular weight excluding hydrogens is 288 g/mol. The lowest BCUT2D eigenvalue weighted by molar-refractivity contribution is 0.141. The Kier molecular flexibility index (Phi) is 4.58. The maximum Gasteiger partial charge on any atom is 0.297 e. The van der Waals surface area contributed by atoms with Gasteiger partial charge in [-0.25, -0.2) is 18.7 Å². The molecule has 0 fully saturated rings. The molecule has 116 valence electrons. The molecule has 1 aromatic heterocycles. The summed E-state index contributed by atoms with van der Waals surface area (Å²) in [5, 5.41) is 3.92. The summed E-state index contributed by atoms with van der Waals surface area (Å²) >= 11 is 0. The van der Waals surface area contributed by atoms with Gasteiger partial charge in [-0.1, -0.05) is 23.8 Å². The molecule has 0 unspecified atom stereocenters. The molecule has 0 aliphatic carbocycles. The van der Waals surface area contributed by atoms with Crippen LogP contribution in [-0.2, 0) is 4.74 Å². The number of aromatic nitrogens is 2. The van der Waals surface area contributed by atoms with E-state index in [1.54, 1.807) is 12.1 Å². The van der Waals surface area contributed by atoms with Crippen molar-refractivity contribution >= 4 is 16.7 Å². The van der Waals surface area contributed by atoms with E-state index in [4.69, 9.17) is 4.74 Å². The molecule has 1 N–H and O–H groups in total. The molecule has 0 atom stereocenters. The van der Waals surface area contributed by atoms with Crippen molar-refractivity contribution in [3.05, 3.63) is 41.7 Å². The molecule has 0 amide bonds. The molecule has 0 saturated carbocycles. The Balaban J connectivity index is 1.78. The average Bonchev–Trinajstić information content (AvgIpc) is 2.55. The van der Waals surface area contributed by atoms with Crippen molar-refractivity contribution in [2.45, 2.75) is 19.3 Å². The van der Waals surface area contributed by atoms with Crippen LogP contribution in [0.1, 0.15) is 25.1 Å². The summed E-state index contributed by atoms with van der Waals surface area (Å²) in [6, 6.07) is 7.18. The van der Waals surface area contributed by atoms with Gasteiger partial charge in [-0.05, 0) is 25.0 Å². The Bertz CT molecular complexity index is 688. The number of alkyl halides is 2. The number of rotatable bonds is 5. The van der Waals surface area contributed by atoms with E-state index >= 15 is 0 Å². The van der Waals surface area contributed by atoms with Gasteiger partial charge in [-0.2, -0.15) is 0 Å². The predicted octanol–water partition coefficient (Wildman–Crippen LogP) is 3.72. The number of hydrogen-bond acceptors (Lipinski definition) is 4. The molecule has 4 nitrogen and oxygen atoms in total. The minimum Gasteiger partial charge on any atom is -0.377 e. The highest BCUT2D eigenvalue weighted by Gasteiger charge is 2.15. The lowest BCUT2D eigenvalue weighted by Crippen LogP contribution is -2.11. The Morgan fingerprint density at radius 3 is 2.86 bits per heavy atom. The number of anilines is 1. The number of para-hydroxylation sites is 1. The van der Waals surface area contributed by atoms with Crippen LogP contribution in [0, 0.1) is 0 Å². The third-order valence-electron chi connectivity index (χ3n) is 3.61. The minimum atomic E-state index is -2.68. The fraction of sp³-hybridized carbons (Fsp3) is 0.375. The maximum atomic E-state index is 12.9. The third-order valence-corrected chi connectivity index (χ3v) is 3.61. The fourth-order valence-corrected chi connectivity index (χ4v) is 2.46. The Morgan fingerprint density at radius 2 is 2.09 bits per heavy atom. The lowest BCUT2D eigenvalue weighted by atomic mass is 10.1. The standard InChI is InChI=1S/C16H17F2N3O/c17-14(18)16-20-13-4-2-1-3-12(13)15(21-16)19-8-5-11-6-9-22-10-7-11/h1-4,6,14H,5,7-10H2,(H,19,20,21). The van der Waals surface area contributed by atoms with Crippen LogP contribution >= 0.6 is 0 Å². The first-order valence-electron chi connectivity index (χ1n) is 7.28. The highest BCUT2D eigenvalue weighted by atomic mass is 19.3. The van der Waals surface area contributed by atoms with Gasteiger partial charge >= 0.3 is 0 Å². The zero-order valence-corrected chi connectivity index (χ0v) is 12.1. The number of fused-ring (bicyclic) bond motifs is 1. The second kappa shape index (κ2) is 6.79. The van der Waals surface area contributed by atoms with Gasteiger partial charge in [0.15, 0.2) is 5.82 Å². The third kappa shape index (κ3) is 3.39. The van der Waals surface area contributed by atoms with Crippen LogP contribution in [0.4, 0.5) is 14.6 Å². The molecule has 0 spiro atoms. The van der Waals surface area contributed by atoms with Crippen LogP contribution in [0.3, 0.4) is 0 Å². The number of nitrogens with one attached hydrogen (secondary N) is 1. The van der Waals surface area contributed by atoms with Crippen LogP contribution in [-0.4, -0.2) is 29.7 Å². The summed E-state index contributed by atoms with van der Waals surface area (Å²) in [4.78, 5) is 7.87. The number of benzene rings is 1. The Hall–Kier alpha value is -2.08. The predicted molar refractivity (Wildman–Crippen MR) is 81.1 cm³/mol. The van der Waals surface area contributed by atoms with Crippen LogP contribution < -0.4 is 5.32 Å². The maximum absolute atomic E-state index is 12.9. The van der Waals surface area contributed by atoms with Gasteiger partial charge in [0.2, 0.25) is 0 Å². The van der Waals surface area contributed by atoms with Gasteiger partial charge in [0, 0.05) is 11.9 Å². The van der Waals surface area contributed by atoms with E-state index in [1.165, 1.54) is 5.57 Å². The van der Waals surface area contributed by atoms with Crippen molar-refractivity contribution in [3.63, 3.8) is 0 Å². The second-order valence-electron chi connectivity index (χ2n) is 5.11. The number of halogens is 2. The first-order valence-corrected chi connectivity index (χ1v) is 7.28. The first-order chi connectivity index (χ1) is 10.7. The molecule has 6 heteroatoms. The van der Waals surface area contributed by atoms with Crippen molar-refractivity contribution in [1.82, 2.24) is 9.97 Å². The fourth-order valence-electron chi connectivity index (χ4n) is 2.46. The molecule has 22 heavy (non-hydrogen) atoms. The van der Waals surface area contributed by atoms with Crippen LogP contribution in [0.5, 0.6) is 0 Å². The van der Waals surface area contributed by atoms with E-state index in [-0.39, 0.29) is 0 Å². The number of hydrogen-bond donors (Lipinski definition) is 1. The number of ether oxygens (including phenoxy) is 1. The van der Waals surface area contributed by atoms with Gasteiger partial charge in [0.25, 0.3) is 6.43 Å². The molecule has 2 heterocycles. The van der Waals surface area contributed by atoms with Crippen molar-refractivity contribution < 1.29 is 13.5 Å². The Morgan fingerprint density at radius 1 is 1.23 bits per heavy atom. The first kappa shape index (κ1) is 14.8. The SMILES string of the molecule is FC(F)c1nc(NCCC2=CCOCC2)c2ccccc2n1. The van der Waals surface area contributed by atoms with Gasteiger partial charge in [0.05, 0.1) is 18.7 Å². The molecule has 1 aliphatic rings. The van der Waals surface area contributed by atoms with E-state index in [9.17, 15) is 8.78 Å². The summed E-state index contributed by atoms with van der Waals surface area (Å²) in [7, 11) is 0. The summed E-state index contributed by atoms with van der Waals surface area (Å²) in [5.41, 5.74) is 1.85. The minimum absolute atomic E-state index is 0.438. The lowest BCUT2D eigenvalue weighted by Gasteiger charge is -2.15. The summed E-state index contributed by atoms with van der Waals surface area (Å²) < 4.78 is 31.1. The smallest absolute Gasteiger partial charge is 0.297 e. The van der Waals surface area contributed by atoms with E-state index in [0.717, 1.165) is 24.8 Å². The van der Waals surface area contributed by atoms with E-state index in [0.29, 0.717) is 24.5 Å². The van der Waals surface area contributed by atoms with Gasteiger partial charge in [-0.15, -0.1) is 0 Å². The molecule has 1 aromatic carbocycles. The zero-order chi connectivity index (χ0) is 15.4. The zero-order valence-electron chi connectivity index (χ0n) is 12.1. The molecule has 2 aromatic rings. The molecule has 3 rings (SSSR count). The van der Waals surface area contributed by atoms with Gasteiger partial charge in [0.1, 0.15) is 5.82 Å². The van der Waals surface area contributed by atoms with Crippen LogP contribution in [0.15, 0.2) is 35.9 Å². The van der Waals surface area contributed by atoms with Crippen molar-refractivity contribution in [2.24, 2.45) is 0 Å². The van der Waals surface area contributed by atoms with Crippen LogP contribution in [0.25, 0.3) is 10.9 Å². The largest absolute Gasteiger partial charge is 0.377 e. The van der Waals surface area contributed by atoms with Crippen molar-refractivity contribution in [1.29, 1.82) is 0 Å². The Labute approximate surface area is 127 Å². The second-order valence-corrected chi connectivity index (χ2v) is 5.11. The summed E-state index contributed by atoms with van der Waals surface area (Å²) in [5.74, 6) is 0.0278. The molecule has 0 saturated heterocycles. The summed E-state index contributed by atoms with van der Waals surface area (Å²) in [6.45, 7) is 2.05. The van der Waals surface area contributed by atoms with E-state index in [2.05, 4.69) is 21.4 Å². The van der Waals surface area contributed by atoms with Gasteiger partial charge in [-0.3, -0.25) is 0 Å². The van der Waals surface area contributed by atoms with E-state index in [1.807, 2.05) is 12.1 Å². The topological polar surface area (TPSA) is 47.0 Å². The van der Waals surface area contributed by atoms with E-state index < -0.39 is 12.2 Å². The van der Waals surface area contributed by atoms with Crippen molar-refractivity contribution in [2.75, 3.05) is 25.1 Å². The molecule has 0 radical (unpaired) electrons. The summed E-state index contributed by atoms with van der Waals surface area (Å²) in [6.07, 6.45) is 1.18. The van der Waals surface area contributed by atoms with Crippen LogP contribution in [0.2, 0.25) is 0 Å². The molecule has 0 bridgehead atoms. The highest BCUT2D eigenvalue weighted by Crippen LogP contribution is 2.24. The normalized spacial score (nSPS) is 15.1. The van der Waals surface area contributed by atoms with Gasteiger partial charge < -0.3 is 10.1 Å².